The van der Waals surface area contributed by atoms with Gasteiger partial charge in [-0.05, 0) is 42.7 Å². The predicted octanol–water partition coefficient (Wildman–Crippen LogP) is 3.03. The number of aliphatic hydroxyl groups is 1. The molecule has 0 amide bonds. The molecule has 0 unspecified atom stereocenters. The van der Waals surface area contributed by atoms with Crippen LogP contribution in [0, 0.1) is 5.82 Å². The van der Waals surface area contributed by atoms with Crippen molar-refractivity contribution < 1.29 is 9.50 Å². The summed E-state index contributed by atoms with van der Waals surface area (Å²) in [5.41, 5.74) is 12.2. The van der Waals surface area contributed by atoms with Crippen LogP contribution in [0.15, 0.2) is 73.7 Å². The molecule has 10 nitrogen and oxygen atoms in total. The second-order valence-corrected chi connectivity index (χ2v) is 9.79. The molecular weight excluding hydrogens is 497 g/mol. The minimum Gasteiger partial charge on any atom is -0.394 e. The molecule has 0 radical (unpaired) electrons. The fourth-order valence-corrected chi connectivity index (χ4v) is 4.85. The highest BCUT2D eigenvalue weighted by atomic mass is 19.1. The molecule has 0 saturated heterocycles. The number of hydrogen-bond acceptors (Lipinski definition) is 8. The van der Waals surface area contributed by atoms with Crippen molar-refractivity contribution in [1.82, 2.24) is 34.3 Å². The van der Waals surface area contributed by atoms with Crippen LogP contribution in [0.2, 0.25) is 0 Å². The molecule has 0 aliphatic carbocycles. The van der Waals surface area contributed by atoms with Gasteiger partial charge in [-0.25, -0.2) is 23.9 Å². The maximum Gasteiger partial charge on any atom is 0.225 e. The predicted molar refractivity (Wildman–Crippen MR) is 145 cm³/mol. The third-order valence-corrected chi connectivity index (χ3v) is 7.18. The summed E-state index contributed by atoms with van der Waals surface area (Å²) < 4.78 is 16.9. The van der Waals surface area contributed by atoms with E-state index in [0.717, 1.165) is 52.0 Å². The maximum atomic E-state index is 13.4. The average molecular weight is 526 g/mol. The first-order chi connectivity index (χ1) is 18.9. The first-order valence-corrected chi connectivity index (χ1v) is 12.7. The summed E-state index contributed by atoms with van der Waals surface area (Å²) in [5, 5.41) is 17.9. The summed E-state index contributed by atoms with van der Waals surface area (Å²) in [6, 6.07) is 8.24. The topological polar surface area (TPSA) is 123 Å². The number of nitrogens with two attached hydrogens (primary N) is 1. The number of rotatable bonds is 7. The smallest absolute Gasteiger partial charge is 0.225 e. The van der Waals surface area contributed by atoms with E-state index in [1.165, 1.54) is 12.1 Å². The van der Waals surface area contributed by atoms with Crippen LogP contribution in [0.5, 0.6) is 0 Å². The summed E-state index contributed by atoms with van der Waals surface area (Å²) in [6.45, 7) is 3.74. The zero-order valence-corrected chi connectivity index (χ0v) is 21.4. The van der Waals surface area contributed by atoms with Gasteiger partial charge < -0.3 is 15.7 Å². The Kier molecular flexibility index (Phi) is 6.37. The Labute approximate surface area is 224 Å². The van der Waals surface area contributed by atoms with Crippen molar-refractivity contribution in [2.24, 2.45) is 5.73 Å². The SMILES string of the molecule is C[C@](N)(c1ccc(F)cc1)c1cnc(N2CC=C(c3ncnn4cc(-c5cnn(CCO)c5)cc34)CC2)nc1. The lowest BCUT2D eigenvalue weighted by Crippen LogP contribution is -2.35. The molecule has 6 rings (SSSR count). The molecule has 5 heterocycles. The van der Waals surface area contributed by atoms with Crippen molar-refractivity contribution in [3.63, 3.8) is 0 Å². The largest absolute Gasteiger partial charge is 0.394 e. The lowest BCUT2D eigenvalue weighted by Gasteiger charge is -2.28. The normalized spacial score (nSPS) is 15.4. The summed E-state index contributed by atoms with van der Waals surface area (Å²) in [7, 11) is 0. The van der Waals surface area contributed by atoms with Gasteiger partial charge in [0.1, 0.15) is 12.1 Å². The maximum absolute atomic E-state index is 13.4. The molecule has 3 N–H and O–H groups in total. The molecule has 1 atom stereocenters. The Bertz CT molecular complexity index is 1640. The molecule has 11 heteroatoms. The zero-order valence-electron chi connectivity index (χ0n) is 21.4. The van der Waals surface area contributed by atoms with Gasteiger partial charge in [0.2, 0.25) is 5.95 Å². The van der Waals surface area contributed by atoms with Crippen LogP contribution in [-0.2, 0) is 12.1 Å². The molecule has 0 fully saturated rings. The van der Waals surface area contributed by atoms with Crippen molar-refractivity contribution in [3.05, 3.63) is 96.4 Å². The van der Waals surface area contributed by atoms with E-state index in [4.69, 9.17) is 10.8 Å². The van der Waals surface area contributed by atoms with Crippen LogP contribution in [0.25, 0.3) is 22.2 Å². The third-order valence-electron chi connectivity index (χ3n) is 7.18. The van der Waals surface area contributed by atoms with E-state index in [1.54, 1.807) is 41.7 Å². The van der Waals surface area contributed by atoms with Crippen molar-refractivity contribution in [2.75, 3.05) is 24.6 Å². The van der Waals surface area contributed by atoms with Crippen LogP contribution < -0.4 is 10.6 Å². The molecule has 5 aromatic rings. The Morgan fingerprint density at radius 1 is 1.00 bits per heavy atom. The molecule has 1 aliphatic rings. The molecule has 39 heavy (non-hydrogen) atoms. The first-order valence-electron chi connectivity index (χ1n) is 12.7. The fourth-order valence-electron chi connectivity index (χ4n) is 4.85. The number of halogens is 1. The van der Waals surface area contributed by atoms with E-state index >= 15 is 0 Å². The number of aromatic nitrogens is 7. The zero-order chi connectivity index (χ0) is 27.0. The van der Waals surface area contributed by atoms with Gasteiger partial charge in [-0.1, -0.05) is 18.2 Å². The second kappa shape index (κ2) is 10.0. The lowest BCUT2D eigenvalue weighted by molar-refractivity contribution is 0.269. The third kappa shape index (κ3) is 4.77. The molecular formula is C28H28FN9O. The minimum atomic E-state index is -0.840. The molecule has 198 valence electrons. The lowest BCUT2D eigenvalue weighted by atomic mass is 9.87. The van der Waals surface area contributed by atoms with Gasteiger partial charge in [-0.3, -0.25) is 4.68 Å². The molecule has 1 aliphatic heterocycles. The van der Waals surface area contributed by atoms with E-state index in [-0.39, 0.29) is 12.4 Å². The number of hydrogen-bond donors (Lipinski definition) is 2. The number of nitrogens with zero attached hydrogens (tertiary/aromatic N) is 8. The highest BCUT2D eigenvalue weighted by Crippen LogP contribution is 2.30. The van der Waals surface area contributed by atoms with E-state index in [0.29, 0.717) is 19.0 Å². The van der Waals surface area contributed by atoms with Crippen molar-refractivity contribution in [2.45, 2.75) is 25.4 Å². The first kappa shape index (κ1) is 24.8. The number of anilines is 1. The van der Waals surface area contributed by atoms with Crippen molar-refractivity contribution in [3.8, 4) is 11.1 Å². The number of aliphatic hydroxyl groups excluding tert-OH is 1. The standard InChI is InChI=1S/C28H28FN9O/c1-28(30,22-2-4-24(29)5-3-22)23-14-31-27(32-15-23)36-8-6-19(7-9-36)26-25-12-20(17-38(25)35-18-33-26)21-13-34-37(16-21)10-11-39/h2-6,12-18,39H,7-11,30H2,1H3/t28-/m0/s1. The van der Waals surface area contributed by atoms with Crippen LogP contribution >= 0.6 is 0 Å². The van der Waals surface area contributed by atoms with Crippen molar-refractivity contribution in [1.29, 1.82) is 0 Å². The van der Waals surface area contributed by atoms with E-state index in [1.807, 2.05) is 23.8 Å². The molecule has 0 saturated carbocycles. The minimum absolute atomic E-state index is 0.0389. The highest BCUT2D eigenvalue weighted by molar-refractivity contribution is 5.80. The van der Waals surface area contributed by atoms with E-state index < -0.39 is 5.54 Å². The monoisotopic (exact) mass is 525 g/mol. The average Bonchev–Trinajstić information content (AvgIpc) is 3.61. The molecule has 0 bridgehead atoms. The summed E-state index contributed by atoms with van der Waals surface area (Å²) in [6.07, 6.45) is 13.6. The Morgan fingerprint density at radius 3 is 2.51 bits per heavy atom. The Hall–Kier alpha value is -4.48. The quantitative estimate of drug-likeness (QED) is 0.332. The fraction of sp³-hybridized carbons (Fsp3) is 0.250. The number of fused-ring (bicyclic) bond motifs is 1. The van der Waals surface area contributed by atoms with Gasteiger partial charge >= 0.3 is 0 Å². The summed E-state index contributed by atoms with van der Waals surface area (Å²) in [5.74, 6) is 0.326. The van der Waals surface area contributed by atoms with Gasteiger partial charge in [-0.2, -0.15) is 10.2 Å². The molecule has 0 spiro atoms. The van der Waals surface area contributed by atoms with Crippen molar-refractivity contribution >= 4 is 17.0 Å². The van der Waals surface area contributed by atoms with Gasteiger partial charge in [0.15, 0.2) is 0 Å². The Morgan fingerprint density at radius 2 is 1.79 bits per heavy atom. The van der Waals surface area contributed by atoms with Gasteiger partial charge in [-0.15, -0.1) is 0 Å². The van der Waals surface area contributed by atoms with E-state index in [2.05, 4.69) is 42.2 Å². The van der Waals surface area contributed by atoms with Gasteiger partial charge in [0, 0.05) is 54.6 Å². The molecule has 4 aromatic heterocycles. The van der Waals surface area contributed by atoms with Gasteiger partial charge in [0.05, 0.1) is 36.1 Å². The second-order valence-electron chi connectivity index (χ2n) is 9.79. The van der Waals surface area contributed by atoms with Gasteiger partial charge in [0.25, 0.3) is 0 Å². The molecule has 1 aromatic carbocycles. The Balaban J connectivity index is 1.20. The highest BCUT2D eigenvalue weighted by Gasteiger charge is 2.26. The van der Waals surface area contributed by atoms with Crippen LogP contribution in [0.1, 0.15) is 30.2 Å². The summed E-state index contributed by atoms with van der Waals surface area (Å²) in [4.78, 5) is 15.9. The van der Waals surface area contributed by atoms with Crippen LogP contribution in [0.3, 0.4) is 0 Å². The summed E-state index contributed by atoms with van der Waals surface area (Å²) >= 11 is 0. The number of benzene rings is 1. The van der Waals surface area contributed by atoms with Crippen LogP contribution in [0.4, 0.5) is 10.3 Å². The van der Waals surface area contributed by atoms with Crippen LogP contribution in [-0.4, -0.2) is 59.1 Å². The van der Waals surface area contributed by atoms with E-state index in [9.17, 15) is 4.39 Å².